The highest BCUT2D eigenvalue weighted by Crippen LogP contribution is 2.28. The molecule has 2 aromatic carbocycles. The number of anilines is 1. The van der Waals surface area contributed by atoms with Gasteiger partial charge in [-0.25, -0.2) is 18.4 Å². The fourth-order valence-corrected chi connectivity index (χ4v) is 3.14. The van der Waals surface area contributed by atoms with Gasteiger partial charge in [-0.2, -0.15) is 0 Å². The van der Waals surface area contributed by atoms with Crippen molar-refractivity contribution in [1.29, 1.82) is 0 Å². The van der Waals surface area contributed by atoms with E-state index in [0.717, 1.165) is 22.6 Å². The van der Waals surface area contributed by atoms with E-state index in [0.29, 0.717) is 17.3 Å². The molecule has 1 aromatic heterocycles. The minimum absolute atomic E-state index is 0.307. The molecule has 3 aromatic rings. The van der Waals surface area contributed by atoms with Crippen LogP contribution in [0.2, 0.25) is 0 Å². The summed E-state index contributed by atoms with van der Waals surface area (Å²) in [5, 5.41) is 3.23. The van der Waals surface area contributed by atoms with Gasteiger partial charge >= 0.3 is 0 Å². The zero-order valence-electron chi connectivity index (χ0n) is 14.5. The molecule has 3 rings (SSSR count). The van der Waals surface area contributed by atoms with E-state index in [1.54, 1.807) is 31.4 Å². The van der Waals surface area contributed by atoms with E-state index >= 15 is 0 Å². The summed E-state index contributed by atoms with van der Waals surface area (Å²) in [6.07, 6.45) is 2.69. The standard InChI is InChI=1S/C19H19N3O3S/c1-25-18-6-4-3-5-16(18)17-11-19(22-13-21-17)20-12-14-7-9-15(10-8-14)26(2,23)24/h3-11,13H,12H2,1-2H3,(H,20,21,22). The first kappa shape index (κ1) is 17.9. The van der Waals surface area contributed by atoms with E-state index in [1.807, 2.05) is 30.3 Å². The Kier molecular flexibility index (Phi) is 5.18. The van der Waals surface area contributed by atoms with Crippen LogP contribution in [0.4, 0.5) is 5.82 Å². The molecule has 0 unspecified atom stereocenters. The van der Waals surface area contributed by atoms with Crippen molar-refractivity contribution in [2.45, 2.75) is 11.4 Å². The first-order chi connectivity index (χ1) is 12.5. The third-order valence-corrected chi connectivity index (χ3v) is 5.00. The van der Waals surface area contributed by atoms with Crippen LogP contribution in [0.1, 0.15) is 5.56 Å². The molecule has 6 nitrogen and oxygen atoms in total. The zero-order valence-corrected chi connectivity index (χ0v) is 15.3. The van der Waals surface area contributed by atoms with Crippen molar-refractivity contribution < 1.29 is 13.2 Å². The van der Waals surface area contributed by atoms with Gasteiger partial charge in [0.15, 0.2) is 9.84 Å². The number of hydrogen-bond donors (Lipinski definition) is 1. The van der Waals surface area contributed by atoms with Gasteiger partial charge in [-0.1, -0.05) is 24.3 Å². The number of para-hydroxylation sites is 1. The Morgan fingerprint density at radius 3 is 2.46 bits per heavy atom. The Morgan fingerprint density at radius 2 is 1.77 bits per heavy atom. The van der Waals surface area contributed by atoms with Gasteiger partial charge in [0.25, 0.3) is 0 Å². The van der Waals surface area contributed by atoms with Gasteiger partial charge in [-0.15, -0.1) is 0 Å². The Hall–Kier alpha value is -2.93. The summed E-state index contributed by atoms with van der Waals surface area (Å²) in [4.78, 5) is 8.85. The highest BCUT2D eigenvalue weighted by Gasteiger charge is 2.08. The number of aromatic nitrogens is 2. The number of benzene rings is 2. The fourth-order valence-electron chi connectivity index (χ4n) is 2.50. The number of hydrogen-bond acceptors (Lipinski definition) is 6. The van der Waals surface area contributed by atoms with Gasteiger partial charge in [0, 0.05) is 24.4 Å². The molecule has 0 atom stereocenters. The van der Waals surface area contributed by atoms with Gasteiger partial charge in [0.05, 0.1) is 17.7 Å². The molecule has 0 saturated heterocycles. The zero-order chi connectivity index (χ0) is 18.6. The van der Waals surface area contributed by atoms with Gasteiger partial charge in [0.2, 0.25) is 0 Å². The number of methoxy groups -OCH3 is 1. The molecule has 0 aliphatic carbocycles. The average molecular weight is 369 g/mol. The maximum Gasteiger partial charge on any atom is 0.175 e. The number of nitrogens with zero attached hydrogens (tertiary/aromatic N) is 2. The molecule has 0 aliphatic rings. The molecule has 0 aliphatic heterocycles. The molecule has 26 heavy (non-hydrogen) atoms. The Morgan fingerprint density at radius 1 is 1.04 bits per heavy atom. The maximum absolute atomic E-state index is 11.5. The van der Waals surface area contributed by atoms with Crippen molar-refractivity contribution >= 4 is 15.7 Å². The van der Waals surface area contributed by atoms with Crippen LogP contribution < -0.4 is 10.1 Å². The minimum atomic E-state index is -3.18. The summed E-state index contributed by atoms with van der Waals surface area (Å²) in [5.74, 6) is 1.42. The molecule has 0 saturated carbocycles. The summed E-state index contributed by atoms with van der Waals surface area (Å²) in [5.41, 5.74) is 2.60. The Labute approximate surface area is 152 Å². The van der Waals surface area contributed by atoms with Crippen LogP contribution in [0.15, 0.2) is 65.8 Å². The lowest BCUT2D eigenvalue weighted by atomic mass is 10.1. The summed E-state index contributed by atoms with van der Waals surface area (Å²) in [6.45, 7) is 0.520. The van der Waals surface area contributed by atoms with Gasteiger partial charge in [-0.3, -0.25) is 0 Å². The highest BCUT2D eigenvalue weighted by molar-refractivity contribution is 7.90. The van der Waals surface area contributed by atoms with E-state index in [1.165, 1.54) is 12.6 Å². The SMILES string of the molecule is COc1ccccc1-c1cc(NCc2ccc(S(C)(=O)=O)cc2)ncn1. The Bertz CT molecular complexity index is 1000. The lowest BCUT2D eigenvalue weighted by Crippen LogP contribution is -2.03. The number of nitrogens with one attached hydrogen (secondary N) is 1. The van der Waals surface area contributed by atoms with E-state index in [2.05, 4.69) is 15.3 Å². The minimum Gasteiger partial charge on any atom is -0.496 e. The van der Waals surface area contributed by atoms with E-state index in [9.17, 15) is 8.42 Å². The molecular weight excluding hydrogens is 350 g/mol. The predicted octanol–water partition coefficient (Wildman–Crippen LogP) is 3.17. The van der Waals surface area contributed by atoms with Crippen LogP contribution in [-0.2, 0) is 16.4 Å². The normalized spacial score (nSPS) is 11.2. The van der Waals surface area contributed by atoms with Crippen LogP contribution >= 0.6 is 0 Å². The second kappa shape index (κ2) is 7.53. The monoisotopic (exact) mass is 369 g/mol. The van der Waals surface area contributed by atoms with Crippen molar-refractivity contribution in [2.24, 2.45) is 0 Å². The maximum atomic E-state index is 11.5. The van der Waals surface area contributed by atoms with Crippen molar-refractivity contribution in [3.63, 3.8) is 0 Å². The molecule has 134 valence electrons. The van der Waals surface area contributed by atoms with Crippen molar-refractivity contribution in [2.75, 3.05) is 18.7 Å². The molecule has 0 amide bonds. The second-order valence-corrected chi connectivity index (χ2v) is 7.77. The number of ether oxygens (including phenoxy) is 1. The number of sulfone groups is 1. The molecule has 7 heteroatoms. The molecule has 0 spiro atoms. The lowest BCUT2D eigenvalue weighted by molar-refractivity contribution is 0.416. The molecular formula is C19H19N3O3S. The largest absolute Gasteiger partial charge is 0.496 e. The smallest absolute Gasteiger partial charge is 0.175 e. The highest BCUT2D eigenvalue weighted by atomic mass is 32.2. The summed E-state index contributed by atoms with van der Waals surface area (Å²) < 4.78 is 28.4. The first-order valence-corrected chi connectivity index (χ1v) is 9.85. The summed E-state index contributed by atoms with van der Waals surface area (Å²) in [6, 6.07) is 16.3. The van der Waals surface area contributed by atoms with Crippen molar-refractivity contribution in [3.8, 4) is 17.0 Å². The van der Waals surface area contributed by atoms with Gasteiger partial charge in [-0.05, 0) is 29.8 Å². The van der Waals surface area contributed by atoms with Crippen molar-refractivity contribution in [3.05, 3.63) is 66.5 Å². The quantitative estimate of drug-likeness (QED) is 0.719. The third kappa shape index (κ3) is 4.18. The molecule has 1 N–H and O–H groups in total. The third-order valence-electron chi connectivity index (χ3n) is 3.88. The molecule has 1 heterocycles. The topological polar surface area (TPSA) is 81.2 Å². The van der Waals surface area contributed by atoms with E-state index in [-0.39, 0.29) is 0 Å². The second-order valence-electron chi connectivity index (χ2n) is 5.76. The fraction of sp³-hybridized carbons (Fsp3) is 0.158. The van der Waals surface area contributed by atoms with Crippen LogP contribution in [0.25, 0.3) is 11.3 Å². The summed E-state index contributed by atoms with van der Waals surface area (Å²) in [7, 11) is -1.56. The first-order valence-electron chi connectivity index (χ1n) is 7.95. The predicted molar refractivity (Wildman–Crippen MR) is 101 cm³/mol. The van der Waals surface area contributed by atoms with Crippen LogP contribution in [-0.4, -0.2) is 31.8 Å². The van der Waals surface area contributed by atoms with Gasteiger partial charge < -0.3 is 10.1 Å². The number of rotatable bonds is 6. The summed E-state index contributed by atoms with van der Waals surface area (Å²) >= 11 is 0. The van der Waals surface area contributed by atoms with Crippen molar-refractivity contribution in [1.82, 2.24) is 9.97 Å². The lowest BCUT2D eigenvalue weighted by Gasteiger charge is -2.10. The van der Waals surface area contributed by atoms with Gasteiger partial charge in [0.1, 0.15) is 17.9 Å². The molecule has 0 bridgehead atoms. The van der Waals surface area contributed by atoms with Crippen LogP contribution in [0.5, 0.6) is 5.75 Å². The molecule has 0 fully saturated rings. The molecule has 0 radical (unpaired) electrons. The van der Waals surface area contributed by atoms with Crippen LogP contribution in [0, 0.1) is 0 Å². The average Bonchev–Trinajstić information content (AvgIpc) is 2.66. The van der Waals surface area contributed by atoms with E-state index in [4.69, 9.17) is 4.74 Å². The Balaban J connectivity index is 1.75. The van der Waals surface area contributed by atoms with Crippen LogP contribution in [0.3, 0.4) is 0 Å². The van der Waals surface area contributed by atoms with E-state index < -0.39 is 9.84 Å².